The van der Waals surface area contributed by atoms with Crippen LogP contribution < -0.4 is 0 Å². The van der Waals surface area contributed by atoms with Crippen LogP contribution in [-0.4, -0.2) is 23.0 Å². The largest absolute Gasteiger partial charge is 0.381 e. The van der Waals surface area contributed by atoms with E-state index in [1.807, 2.05) is 11.7 Å². The predicted molar refractivity (Wildman–Crippen MR) is 49.4 cm³/mol. The molecule has 1 aromatic rings. The molecule has 0 radical (unpaired) electrons. The third-order valence-electron chi connectivity index (χ3n) is 2.39. The van der Waals surface area contributed by atoms with E-state index in [0.717, 1.165) is 31.7 Å². The van der Waals surface area contributed by atoms with Crippen LogP contribution in [0.15, 0.2) is 0 Å². The van der Waals surface area contributed by atoms with E-state index in [4.69, 9.17) is 11.2 Å². The summed E-state index contributed by atoms with van der Waals surface area (Å²) in [5, 5.41) is 4.28. The molecule has 2 heterocycles. The van der Waals surface area contributed by atoms with E-state index < -0.39 is 0 Å². The summed E-state index contributed by atoms with van der Waals surface area (Å²) >= 11 is 0. The normalized spacial score (nSPS) is 16.0. The van der Waals surface area contributed by atoms with Crippen LogP contribution in [-0.2, 0) is 24.6 Å². The van der Waals surface area contributed by atoms with Crippen molar-refractivity contribution in [3.05, 3.63) is 17.0 Å². The minimum atomic E-state index is 0.757. The summed E-state index contributed by atoms with van der Waals surface area (Å²) in [6.07, 6.45) is 7.18. The van der Waals surface area contributed by atoms with Crippen molar-refractivity contribution in [1.29, 1.82) is 0 Å². The molecule has 1 aliphatic rings. The summed E-state index contributed by atoms with van der Waals surface area (Å²) in [4.78, 5) is 0. The number of nitrogens with zero attached hydrogens (tertiary/aromatic N) is 2. The van der Waals surface area contributed by atoms with Crippen molar-refractivity contribution in [2.45, 2.75) is 12.8 Å². The third-order valence-corrected chi connectivity index (χ3v) is 2.39. The number of rotatable bonds is 0. The van der Waals surface area contributed by atoms with Gasteiger partial charge in [0.1, 0.15) is 5.69 Å². The number of aromatic nitrogens is 2. The molecule has 0 unspecified atom stereocenters. The van der Waals surface area contributed by atoms with E-state index in [-0.39, 0.29) is 0 Å². The van der Waals surface area contributed by atoms with Gasteiger partial charge in [0.25, 0.3) is 0 Å². The van der Waals surface area contributed by atoms with Crippen LogP contribution in [0.25, 0.3) is 0 Å². The zero-order valence-corrected chi connectivity index (χ0v) is 7.71. The van der Waals surface area contributed by atoms with Crippen LogP contribution in [0.5, 0.6) is 0 Å². The first-order chi connectivity index (χ1) is 6.33. The van der Waals surface area contributed by atoms with Gasteiger partial charge in [-0.2, -0.15) is 5.10 Å². The molecule has 0 bridgehead atoms. The Bertz CT molecular complexity index is 360. The lowest BCUT2D eigenvalue weighted by Crippen LogP contribution is -2.02. The first-order valence-corrected chi connectivity index (χ1v) is 4.42. The fourth-order valence-corrected chi connectivity index (χ4v) is 1.74. The topological polar surface area (TPSA) is 27.1 Å². The van der Waals surface area contributed by atoms with Gasteiger partial charge in [0, 0.05) is 31.1 Å². The highest BCUT2D eigenvalue weighted by atomic mass is 16.5. The molecule has 0 fully saturated rings. The molecule has 0 aromatic carbocycles. The van der Waals surface area contributed by atoms with Crippen molar-refractivity contribution in [1.82, 2.24) is 9.78 Å². The monoisotopic (exact) mass is 176 g/mol. The fourth-order valence-electron chi connectivity index (χ4n) is 1.74. The highest BCUT2D eigenvalue weighted by molar-refractivity contribution is 5.38. The average Bonchev–Trinajstić information content (AvgIpc) is 2.38. The Morgan fingerprint density at radius 3 is 3.00 bits per heavy atom. The van der Waals surface area contributed by atoms with E-state index in [1.165, 1.54) is 11.3 Å². The van der Waals surface area contributed by atoms with Crippen LogP contribution in [0.1, 0.15) is 17.0 Å². The van der Waals surface area contributed by atoms with Gasteiger partial charge in [0.05, 0.1) is 13.2 Å². The van der Waals surface area contributed by atoms with Crippen molar-refractivity contribution in [2.24, 2.45) is 7.05 Å². The lowest BCUT2D eigenvalue weighted by Gasteiger charge is -1.98. The van der Waals surface area contributed by atoms with Gasteiger partial charge >= 0.3 is 0 Å². The molecule has 0 aliphatic carbocycles. The first kappa shape index (κ1) is 8.33. The fraction of sp³-hybridized carbons (Fsp3) is 0.500. The predicted octanol–water partition coefficient (Wildman–Crippen LogP) is 0.517. The maximum Gasteiger partial charge on any atom is 0.138 e. The molecule has 3 nitrogen and oxygen atoms in total. The van der Waals surface area contributed by atoms with Gasteiger partial charge in [-0.3, -0.25) is 4.68 Å². The second-order valence-corrected chi connectivity index (χ2v) is 3.15. The van der Waals surface area contributed by atoms with Crippen LogP contribution >= 0.6 is 0 Å². The summed E-state index contributed by atoms with van der Waals surface area (Å²) in [5.74, 6) is 2.62. The van der Waals surface area contributed by atoms with Crippen molar-refractivity contribution in [2.75, 3.05) is 13.2 Å². The Hall–Kier alpha value is -1.27. The van der Waals surface area contributed by atoms with Gasteiger partial charge in [-0.15, -0.1) is 6.42 Å². The van der Waals surface area contributed by atoms with Crippen LogP contribution in [0.3, 0.4) is 0 Å². The molecule has 1 aliphatic heterocycles. The van der Waals surface area contributed by atoms with Gasteiger partial charge in [-0.1, -0.05) is 0 Å². The Kier molecular flexibility index (Phi) is 2.07. The molecule has 0 spiro atoms. The molecule has 0 N–H and O–H groups in total. The van der Waals surface area contributed by atoms with Crippen LogP contribution in [0.2, 0.25) is 0 Å². The van der Waals surface area contributed by atoms with Gasteiger partial charge < -0.3 is 4.74 Å². The molecule has 0 amide bonds. The quantitative estimate of drug-likeness (QED) is 0.539. The highest BCUT2D eigenvalue weighted by Gasteiger charge is 2.16. The molecule has 68 valence electrons. The second-order valence-electron chi connectivity index (χ2n) is 3.15. The minimum Gasteiger partial charge on any atom is -0.381 e. The maximum absolute atomic E-state index is 5.38. The lowest BCUT2D eigenvalue weighted by molar-refractivity contribution is 0.145. The van der Waals surface area contributed by atoms with Gasteiger partial charge in [0.2, 0.25) is 0 Å². The Balaban J connectivity index is 2.49. The van der Waals surface area contributed by atoms with E-state index in [2.05, 4.69) is 11.0 Å². The molecule has 3 heteroatoms. The molecular formula is C10H12N2O. The molecule has 1 aromatic heterocycles. The molecule has 0 atom stereocenters. The summed E-state index contributed by atoms with van der Waals surface area (Å²) in [6.45, 7) is 1.53. The molecule has 2 rings (SSSR count). The number of fused-ring (bicyclic) bond motifs is 1. The number of hydrogen-bond donors (Lipinski definition) is 0. The summed E-state index contributed by atoms with van der Waals surface area (Å²) < 4.78 is 7.25. The van der Waals surface area contributed by atoms with Gasteiger partial charge in [-0.05, 0) is 5.92 Å². The zero-order valence-electron chi connectivity index (χ0n) is 7.71. The highest BCUT2D eigenvalue weighted by Crippen LogP contribution is 2.17. The van der Waals surface area contributed by atoms with E-state index in [9.17, 15) is 0 Å². The van der Waals surface area contributed by atoms with Gasteiger partial charge in [-0.25, -0.2) is 0 Å². The minimum absolute atomic E-state index is 0.757. The standard InChI is InChI=1S/C10H12N2O/c1-3-9-8-4-6-13-7-5-10(8)12(2)11-9/h1H,4-7H2,2H3. The van der Waals surface area contributed by atoms with E-state index in [1.54, 1.807) is 0 Å². The number of aryl methyl sites for hydroxylation is 1. The Labute approximate surface area is 77.7 Å². The maximum atomic E-state index is 5.38. The summed E-state index contributed by atoms with van der Waals surface area (Å²) in [6, 6.07) is 0. The van der Waals surface area contributed by atoms with Crippen molar-refractivity contribution >= 4 is 0 Å². The summed E-state index contributed by atoms with van der Waals surface area (Å²) in [5.41, 5.74) is 3.20. The SMILES string of the molecule is C#Cc1nn(C)c2c1CCOCC2. The van der Waals surface area contributed by atoms with Crippen molar-refractivity contribution in [3.63, 3.8) is 0 Å². The van der Waals surface area contributed by atoms with Crippen LogP contribution in [0.4, 0.5) is 0 Å². The molecular weight excluding hydrogens is 164 g/mol. The zero-order chi connectivity index (χ0) is 9.26. The smallest absolute Gasteiger partial charge is 0.138 e. The number of ether oxygens (including phenoxy) is 1. The Morgan fingerprint density at radius 1 is 1.46 bits per heavy atom. The number of terminal acetylenes is 1. The third kappa shape index (κ3) is 1.34. The van der Waals surface area contributed by atoms with Crippen molar-refractivity contribution in [3.8, 4) is 12.3 Å². The molecule has 13 heavy (non-hydrogen) atoms. The van der Waals surface area contributed by atoms with E-state index in [0.29, 0.717) is 0 Å². The molecule has 0 saturated carbocycles. The Morgan fingerprint density at radius 2 is 2.23 bits per heavy atom. The lowest BCUT2D eigenvalue weighted by atomic mass is 10.1. The van der Waals surface area contributed by atoms with Gasteiger partial charge in [0.15, 0.2) is 0 Å². The molecule has 0 saturated heterocycles. The number of hydrogen-bond acceptors (Lipinski definition) is 2. The second kappa shape index (κ2) is 3.23. The average molecular weight is 176 g/mol. The van der Waals surface area contributed by atoms with Crippen molar-refractivity contribution < 1.29 is 4.74 Å². The van der Waals surface area contributed by atoms with E-state index >= 15 is 0 Å². The van der Waals surface area contributed by atoms with Crippen LogP contribution in [0, 0.1) is 12.3 Å². The first-order valence-electron chi connectivity index (χ1n) is 4.42. The summed E-state index contributed by atoms with van der Waals surface area (Å²) in [7, 11) is 1.94.